The predicted octanol–water partition coefficient (Wildman–Crippen LogP) is 1.00. The van der Waals surface area contributed by atoms with Gasteiger partial charge in [-0.1, -0.05) is 6.92 Å². The molecule has 20 heavy (non-hydrogen) atoms. The van der Waals surface area contributed by atoms with Crippen LogP contribution in [0.1, 0.15) is 30.1 Å². The molecule has 1 amide bonds. The SMILES string of the molecule is C#CCC(CC)NC(=O)c1cc(F)cc(S(N)(=O)=O)c1. The first-order chi connectivity index (χ1) is 9.27. The van der Waals surface area contributed by atoms with Gasteiger partial charge in [-0.25, -0.2) is 17.9 Å². The zero-order valence-electron chi connectivity index (χ0n) is 10.9. The molecule has 0 aliphatic rings. The van der Waals surface area contributed by atoms with Crippen molar-refractivity contribution in [2.75, 3.05) is 0 Å². The fourth-order valence-electron chi connectivity index (χ4n) is 1.57. The van der Waals surface area contributed by atoms with Gasteiger partial charge in [0.1, 0.15) is 5.82 Å². The lowest BCUT2D eigenvalue weighted by Gasteiger charge is -2.14. The van der Waals surface area contributed by atoms with Crippen LogP contribution in [0.3, 0.4) is 0 Å². The van der Waals surface area contributed by atoms with Gasteiger partial charge in [-0.15, -0.1) is 12.3 Å². The van der Waals surface area contributed by atoms with Gasteiger partial charge in [0.15, 0.2) is 0 Å². The van der Waals surface area contributed by atoms with Crippen LogP contribution >= 0.6 is 0 Å². The number of terminal acetylenes is 1. The molecular weight excluding hydrogens is 283 g/mol. The van der Waals surface area contributed by atoms with Crippen LogP contribution in [0.4, 0.5) is 4.39 Å². The maximum atomic E-state index is 13.4. The smallest absolute Gasteiger partial charge is 0.251 e. The molecule has 1 rings (SSSR count). The lowest BCUT2D eigenvalue weighted by atomic mass is 10.1. The number of primary sulfonamides is 1. The summed E-state index contributed by atoms with van der Waals surface area (Å²) in [7, 11) is -4.08. The summed E-state index contributed by atoms with van der Waals surface area (Å²) in [5.74, 6) is 0.962. The largest absolute Gasteiger partial charge is 0.348 e. The number of hydrogen-bond donors (Lipinski definition) is 2. The molecule has 5 nitrogen and oxygen atoms in total. The van der Waals surface area contributed by atoms with Crippen LogP contribution in [0.25, 0.3) is 0 Å². The Morgan fingerprint density at radius 3 is 2.65 bits per heavy atom. The minimum absolute atomic E-state index is 0.121. The number of hydrogen-bond acceptors (Lipinski definition) is 3. The number of sulfonamides is 1. The molecule has 3 N–H and O–H groups in total. The van der Waals surface area contributed by atoms with Gasteiger partial charge in [0, 0.05) is 18.0 Å². The molecule has 0 aromatic heterocycles. The molecule has 108 valence electrons. The molecule has 1 unspecified atom stereocenters. The van der Waals surface area contributed by atoms with E-state index in [1.807, 2.05) is 6.92 Å². The summed E-state index contributed by atoms with van der Waals surface area (Å²) in [5.41, 5.74) is -0.121. The molecule has 0 bridgehead atoms. The van der Waals surface area contributed by atoms with Gasteiger partial charge in [0.25, 0.3) is 5.91 Å². The zero-order valence-corrected chi connectivity index (χ0v) is 11.7. The highest BCUT2D eigenvalue weighted by molar-refractivity contribution is 7.89. The van der Waals surface area contributed by atoms with Crippen molar-refractivity contribution in [2.45, 2.75) is 30.7 Å². The molecule has 1 aromatic rings. The van der Waals surface area contributed by atoms with Gasteiger partial charge in [0.2, 0.25) is 10.0 Å². The summed E-state index contributed by atoms with van der Waals surface area (Å²) in [6, 6.07) is 2.46. The highest BCUT2D eigenvalue weighted by Crippen LogP contribution is 2.13. The maximum Gasteiger partial charge on any atom is 0.251 e. The minimum Gasteiger partial charge on any atom is -0.348 e. The Bertz CT molecular complexity index is 650. The van der Waals surface area contributed by atoms with Gasteiger partial charge in [-0.3, -0.25) is 4.79 Å². The van der Waals surface area contributed by atoms with E-state index in [0.717, 1.165) is 18.2 Å². The van der Waals surface area contributed by atoms with Crippen molar-refractivity contribution in [3.63, 3.8) is 0 Å². The molecular formula is C13H15FN2O3S. The Labute approximate surface area is 117 Å². The first-order valence-electron chi connectivity index (χ1n) is 5.85. The molecule has 0 aliphatic heterocycles. The van der Waals surface area contributed by atoms with Gasteiger partial charge >= 0.3 is 0 Å². The molecule has 0 saturated heterocycles. The highest BCUT2D eigenvalue weighted by atomic mass is 32.2. The Kier molecular flexibility index (Phi) is 5.25. The van der Waals surface area contributed by atoms with E-state index in [2.05, 4.69) is 11.2 Å². The van der Waals surface area contributed by atoms with Gasteiger partial charge in [0.05, 0.1) is 4.90 Å². The number of carbonyl (C=O) groups is 1. The molecule has 0 heterocycles. The Balaban J connectivity index is 3.05. The van der Waals surface area contributed by atoms with Crippen LogP contribution in [0.2, 0.25) is 0 Å². The summed E-state index contributed by atoms with van der Waals surface area (Å²) >= 11 is 0. The monoisotopic (exact) mass is 298 g/mol. The topological polar surface area (TPSA) is 89.3 Å². The third-order valence-electron chi connectivity index (χ3n) is 2.65. The first-order valence-corrected chi connectivity index (χ1v) is 7.40. The number of benzene rings is 1. The van der Waals surface area contributed by atoms with Crippen molar-refractivity contribution in [2.24, 2.45) is 5.14 Å². The molecule has 1 atom stereocenters. The summed E-state index contributed by atoms with van der Waals surface area (Å²) in [6.07, 6.45) is 6.10. The summed E-state index contributed by atoms with van der Waals surface area (Å²) < 4.78 is 35.7. The van der Waals surface area contributed by atoms with E-state index >= 15 is 0 Å². The fourth-order valence-corrected chi connectivity index (χ4v) is 2.13. The average Bonchev–Trinajstić information content (AvgIpc) is 2.36. The second-order valence-corrected chi connectivity index (χ2v) is 5.77. The van der Waals surface area contributed by atoms with Crippen LogP contribution in [0, 0.1) is 18.2 Å². The molecule has 1 aromatic carbocycles. The number of amides is 1. The summed E-state index contributed by atoms with van der Waals surface area (Å²) in [4.78, 5) is 11.5. The number of carbonyl (C=O) groups excluding carboxylic acids is 1. The number of halogens is 1. The molecule has 0 fully saturated rings. The van der Waals surface area contributed by atoms with Crippen molar-refractivity contribution in [3.05, 3.63) is 29.6 Å². The van der Waals surface area contributed by atoms with E-state index in [9.17, 15) is 17.6 Å². The third-order valence-corrected chi connectivity index (χ3v) is 3.55. The number of nitrogens with two attached hydrogens (primary N) is 1. The van der Waals surface area contributed by atoms with Crippen molar-refractivity contribution >= 4 is 15.9 Å². The van der Waals surface area contributed by atoms with E-state index in [1.165, 1.54) is 0 Å². The van der Waals surface area contributed by atoms with Gasteiger partial charge in [-0.2, -0.15) is 0 Å². The molecule has 0 aliphatic carbocycles. The first kappa shape index (κ1) is 16.1. The number of nitrogens with one attached hydrogen (secondary N) is 1. The Hall–Kier alpha value is -1.91. The average molecular weight is 298 g/mol. The highest BCUT2D eigenvalue weighted by Gasteiger charge is 2.16. The Morgan fingerprint density at radius 2 is 2.15 bits per heavy atom. The van der Waals surface area contributed by atoms with Crippen LogP contribution in [0.5, 0.6) is 0 Å². The van der Waals surface area contributed by atoms with Crippen molar-refractivity contribution in [1.29, 1.82) is 0 Å². The molecule has 0 spiro atoms. The van der Waals surface area contributed by atoms with Crippen LogP contribution < -0.4 is 10.5 Å². The van der Waals surface area contributed by atoms with Gasteiger partial charge in [-0.05, 0) is 24.6 Å². The normalized spacial score (nSPS) is 12.5. The van der Waals surface area contributed by atoms with Crippen LogP contribution in [0.15, 0.2) is 23.1 Å². The summed E-state index contributed by atoms with van der Waals surface area (Å²) in [6.45, 7) is 1.84. The Morgan fingerprint density at radius 1 is 1.50 bits per heavy atom. The van der Waals surface area contributed by atoms with Crippen molar-refractivity contribution in [1.82, 2.24) is 5.32 Å². The van der Waals surface area contributed by atoms with Gasteiger partial charge < -0.3 is 5.32 Å². The molecule has 7 heteroatoms. The molecule has 0 saturated carbocycles. The van der Waals surface area contributed by atoms with E-state index in [4.69, 9.17) is 11.6 Å². The predicted molar refractivity (Wildman–Crippen MR) is 72.8 cm³/mol. The van der Waals surface area contributed by atoms with Crippen LogP contribution in [-0.2, 0) is 10.0 Å². The molecule has 0 radical (unpaired) electrons. The van der Waals surface area contributed by atoms with Crippen molar-refractivity contribution < 1.29 is 17.6 Å². The maximum absolute atomic E-state index is 13.4. The standard InChI is InChI=1S/C13H15FN2O3S/c1-3-5-11(4-2)16-13(17)9-6-10(14)8-12(7-9)20(15,18)19/h1,6-8,11H,4-5H2,2H3,(H,16,17)(H2,15,18,19). The number of rotatable bonds is 5. The van der Waals surface area contributed by atoms with Crippen molar-refractivity contribution in [3.8, 4) is 12.3 Å². The lowest BCUT2D eigenvalue weighted by molar-refractivity contribution is 0.0936. The quantitative estimate of drug-likeness (QED) is 0.795. The van der Waals surface area contributed by atoms with Crippen LogP contribution in [-0.4, -0.2) is 20.4 Å². The third kappa shape index (κ3) is 4.33. The van der Waals surface area contributed by atoms with E-state index < -0.39 is 26.6 Å². The lowest BCUT2D eigenvalue weighted by Crippen LogP contribution is -2.34. The van der Waals surface area contributed by atoms with E-state index in [1.54, 1.807) is 0 Å². The fraction of sp³-hybridized carbons (Fsp3) is 0.308. The van der Waals surface area contributed by atoms with E-state index in [0.29, 0.717) is 12.8 Å². The second kappa shape index (κ2) is 6.50. The van der Waals surface area contributed by atoms with E-state index in [-0.39, 0.29) is 11.6 Å². The minimum atomic E-state index is -4.08. The summed E-state index contributed by atoms with van der Waals surface area (Å²) in [5, 5.41) is 7.52. The zero-order chi connectivity index (χ0) is 15.3. The second-order valence-electron chi connectivity index (χ2n) is 4.21.